The summed E-state index contributed by atoms with van der Waals surface area (Å²) in [6.07, 6.45) is 6.21. The average molecular weight is 509 g/mol. The number of carbonyl (C=O) groups is 2. The van der Waals surface area contributed by atoms with Gasteiger partial charge in [-0.25, -0.2) is 0 Å². The van der Waals surface area contributed by atoms with E-state index in [1.54, 1.807) is 13.8 Å². The van der Waals surface area contributed by atoms with E-state index in [2.05, 4.69) is 20.8 Å². The second-order valence-electron chi connectivity index (χ2n) is 13.3. The van der Waals surface area contributed by atoms with Crippen molar-refractivity contribution in [1.82, 2.24) is 0 Å². The van der Waals surface area contributed by atoms with Crippen molar-refractivity contribution in [2.45, 2.75) is 111 Å². The molecule has 4 aliphatic rings. The summed E-state index contributed by atoms with van der Waals surface area (Å²) in [4.78, 5) is 22.9. The number of hydrogen-bond donors (Lipinski definition) is 3. The van der Waals surface area contributed by atoms with E-state index in [1.165, 1.54) is 0 Å². The van der Waals surface area contributed by atoms with Gasteiger partial charge in [-0.3, -0.25) is 9.59 Å². The summed E-state index contributed by atoms with van der Waals surface area (Å²) in [5.74, 6) is 0.373. The molecule has 0 aromatic heterocycles. The Bertz CT molecular complexity index is 813. The zero-order chi connectivity index (χ0) is 26.4. The Morgan fingerprint density at radius 3 is 2.39 bits per heavy atom. The van der Waals surface area contributed by atoms with Gasteiger partial charge in [-0.1, -0.05) is 34.6 Å². The maximum Gasteiger partial charge on any atom is 0.310 e. The largest absolute Gasteiger partial charge is 0.481 e. The molecule has 36 heavy (non-hydrogen) atoms. The zero-order valence-corrected chi connectivity index (χ0v) is 22.8. The maximum absolute atomic E-state index is 11.8. The predicted octanol–water partition coefficient (Wildman–Crippen LogP) is 4.63. The molecular formula is C29H48O7. The van der Waals surface area contributed by atoms with Crippen LogP contribution in [0.4, 0.5) is 0 Å². The van der Waals surface area contributed by atoms with Crippen LogP contribution in [0.2, 0.25) is 0 Å². The van der Waals surface area contributed by atoms with Gasteiger partial charge in [0.1, 0.15) is 0 Å². The van der Waals surface area contributed by atoms with E-state index in [4.69, 9.17) is 9.47 Å². The number of aliphatic hydroxyl groups is 2. The summed E-state index contributed by atoms with van der Waals surface area (Å²) in [7, 11) is 0. The number of aliphatic carboxylic acids is 1. The number of ether oxygens (including phenoxy) is 2. The number of hydrogen-bond acceptors (Lipinski definition) is 6. The number of carboxylic acids is 1. The third-order valence-corrected chi connectivity index (χ3v) is 11.3. The fourth-order valence-corrected chi connectivity index (χ4v) is 9.17. The Balaban J connectivity index is 1.46. The summed E-state index contributed by atoms with van der Waals surface area (Å²) < 4.78 is 11.2. The Kier molecular flexibility index (Phi) is 8.14. The van der Waals surface area contributed by atoms with Crippen LogP contribution in [0.1, 0.15) is 92.4 Å². The normalized spacial score (nSPS) is 44.9. The second kappa shape index (κ2) is 10.5. The van der Waals surface area contributed by atoms with E-state index in [9.17, 15) is 24.9 Å². The maximum atomic E-state index is 11.8. The Hall–Kier alpha value is -1.18. The predicted molar refractivity (Wildman–Crippen MR) is 135 cm³/mol. The van der Waals surface area contributed by atoms with Crippen molar-refractivity contribution >= 4 is 11.9 Å². The lowest BCUT2D eigenvalue weighted by atomic mass is 9.43. The highest BCUT2D eigenvalue weighted by molar-refractivity contribution is 5.71. The summed E-state index contributed by atoms with van der Waals surface area (Å²) in [5.41, 5.74) is -0.225. The standard InChI is InChI=1S/C29H48O7/c1-16(2)27(34)36-15-35-19-10-11-28(4)18(12-19)13-23(30)26-21-8-7-20(17(3)6-9-25(32)33)29(21,5)24(31)14-22(26)28/h16-24,26,30-31H,6-15H2,1-5H3,(H,32,33)/t17?,18?,19?,20?,21?,22?,23?,24-,26?,28?,29?/m0/s1. The van der Waals surface area contributed by atoms with Crippen LogP contribution < -0.4 is 0 Å². The van der Waals surface area contributed by atoms with Gasteiger partial charge in [0, 0.05) is 6.42 Å². The molecule has 11 atom stereocenters. The van der Waals surface area contributed by atoms with Crippen LogP contribution in [-0.2, 0) is 19.1 Å². The summed E-state index contributed by atoms with van der Waals surface area (Å²) in [6.45, 7) is 10.3. The van der Waals surface area contributed by atoms with E-state index in [0.717, 1.165) is 38.5 Å². The molecule has 0 radical (unpaired) electrons. The molecule has 10 unspecified atom stereocenters. The third-order valence-electron chi connectivity index (χ3n) is 11.3. The fourth-order valence-electron chi connectivity index (χ4n) is 9.17. The summed E-state index contributed by atoms with van der Waals surface area (Å²) in [6, 6.07) is 0. The van der Waals surface area contributed by atoms with Gasteiger partial charge in [-0.05, 0) is 97.7 Å². The van der Waals surface area contributed by atoms with Gasteiger partial charge in [-0.2, -0.15) is 0 Å². The van der Waals surface area contributed by atoms with Gasteiger partial charge in [0.05, 0.1) is 24.2 Å². The highest BCUT2D eigenvalue weighted by atomic mass is 16.7. The van der Waals surface area contributed by atoms with Crippen molar-refractivity contribution in [2.24, 2.45) is 52.3 Å². The highest BCUT2D eigenvalue weighted by Gasteiger charge is 2.65. The SMILES string of the molecule is CC(C)C(=O)OCOC1CCC2(C)C(C1)CC(O)C1C2C[C@H](O)C2(C)C(C(C)CCC(=O)O)CCC12. The molecule has 0 saturated heterocycles. The Morgan fingerprint density at radius 1 is 1.00 bits per heavy atom. The van der Waals surface area contributed by atoms with Crippen molar-refractivity contribution in [3.05, 3.63) is 0 Å². The minimum Gasteiger partial charge on any atom is -0.481 e. The van der Waals surface area contributed by atoms with Gasteiger partial charge >= 0.3 is 11.9 Å². The fraction of sp³-hybridized carbons (Fsp3) is 0.931. The van der Waals surface area contributed by atoms with Crippen LogP contribution in [0.5, 0.6) is 0 Å². The van der Waals surface area contributed by atoms with E-state index < -0.39 is 18.2 Å². The number of fused-ring (bicyclic) bond motifs is 5. The number of carbonyl (C=O) groups excluding carboxylic acids is 1. The molecule has 0 bridgehead atoms. The first-order chi connectivity index (χ1) is 16.9. The lowest BCUT2D eigenvalue weighted by molar-refractivity contribution is -0.214. The van der Waals surface area contributed by atoms with Crippen LogP contribution >= 0.6 is 0 Å². The van der Waals surface area contributed by atoms with Crippen molar-refractivity contribution in [2.75, 3.05) is 6.79 Å². The van der Waals surface area contributed by atoms with Crippen LogP contribution in [0.25, 0.3) is 0 Å². The molecule has 0 aliphatic heterocycles. The third kappa shape index (κ3) is 4.84. The summed E-state index contributed by atoms with van der Waals surface area (Å²) >= 11 is 0. The van der Waals surface area contributed by atoms with Crippen LogP contribution in [0.3, 0.4) is 0 Å². The van der Waals surface area contributed by atoms with Crippen molar-refractivity contribution in [3.8, 4) is 0 Å². The molecule has 0 spiro atoms. The monoisotopic (exact) mass is 508 g/mol. The van der Waals surface area contributed by atoms with E-state index in [-0.39, 0.29) is 71.6 Å². The minimum atomic E-state index is -0.759. The average Bonchev–Trinajstić information content (AvgIpc) is 3.17. The van der Waals surface area contributed by atoms with Gasteiger partial charge < -0.3 is 24.8 Å². The topological polar surface area (TPSA) is 113 Å². The van der Waals surface area contributed by atoms with E-state index >= 15 is 0 Å². The molecule has 206 valence electrons. The quantitative estimate of drug-likeness (QED) is 0.324. The molecule has 0 amide bonds. The van der Waals surface area contributed by atoms with Crippen LogP contribution in [0, 0.1) is 52.3 Å². The van der Waals surface area contributed by atoms with Gasteiger partial charge in [-0.15, -0.1) is 0 Å². The Labute approximate surface area is 216 Å². The molecule has 0 heterocycles. The number of esters is 1. The number of rotatable bonds is 8. The van der Waals surface area contributed by atoms with Gasteiger partial charge in [0.2, 0.25) is 0 Å². The molecule has 7 nitrogen and oxygen atoms in total. The molecule has 4 aliphatic carbocycles. The smallest absolute Gasteiger partial charge is 0.310 e. The summed E-state index contributed by atoms with van der Waals surface area (Å²) in [5, 5.41) is 32.4. The highest BCUT2D eigenvalue weighted by Crippen LogP contribution is 2.68. The first-order valence-electron chi connectivity index (χ1n) is 14.3. The van der Waals surface area contributed by atoms with E-state index in [1.807, 2.05) is 0 Å². The van der Waals surface area contributed by atoms with Gasteiger partial charge in [0.25, 0.3) is 0 Å². The lowest BCUT2D eigenvalue weighted by Gasteiger charge is -2.63. The first-order valence-corrected chi connectivity index (χ1v) is 14.3. The lowest BCUT2D eigenvalue weighted by Crippen LogP contribution is -2.62. The Morgan fingerprint density at radius 2 is 1.72 bits per heavy atom. The molecular weight excluding hydrogens is 460 g/mol. The van der Waals surface area contributed by atoms with Crippen LogP contribution in [0.15, 0.2) is 0 Å². The van der Waals surface area contributed by atoms with Crippen molar-refractivity contribution in [3.63, 3.8) is 0 Å². The van der Waals surface area contributed by atoms with E-state index in [0.29, 0.717) is 18.8 Å². The molecule has 4 fully saturated rings. The van der Waals surface area contributed by atoms with Crippen molar-refractivity contribution < 1.29 is 34.4 Å². The first kappa shape index (κ1) is 27.8. The minimum absolute atomic E-state index is 0.0136. The van der Waals surface area contributed by atoms with Gasteiger partial charge in [0.15, 0.2) is 6.79 Å². The molecule has 0 aromatic rings. The second-order valence-corrected chi connectivity index (χ2v) is 13.3. The van der Waals surface area contributed by atoms with Crippen molar-refractivity contribution in [1.29, 1.82) is 0 Å². The molecule has 4 rings (SSSR count). The zero-order valence-electron chi connectivity index (χ0n) is 22.8. The van der Waals surface area contributed by atoms with Crippen LogP contribution in [-0.4, -0.2) is 52.4 Å². The molecule has 3 N–H and O–H groups in total. The number of carboxylic acid groups (broad SMARTS) is 1. The molecule has 7 heteroatoms. The number of aliphatic hydroxyl groups excluding tert-OH is 2. The molecule has 4 saturated carbocycles. The molecule has 0 aromatic carbocycles.